The Morgan fingerprint density at radius 2 is 2.17 bits per heavy atom. The van der Waals surface area contributed by atoms with Crippen LogP contribution in [0.4, 0.5) is 0 Å². The van der Waals surface area contributed by atoms with Crippen molar-refractivity contribution in [2.24, 2.45) is 0 Å². The summed E-state index contributed by atoms with van der Waals surface area (Å²) in [6.07, 6.45) is 1.28. The molecule has 0 saturated carbocycles. The molecule has 1 aromatic rings. The molecule has 12 heavy (non-hydrogen) atoms. The molecule has 0 fully saturated rings. The van der Waals surface area contributed by atoms with Crippen molar-refractivity contribution < 1.29 is 14.8 Å². The second-order valence-electron chi connectivity index (χ2n) is 2.23. The molecule has 0 unspecified atom stereocenters. The van der Waals surface area contributed by atoms with E-state index in [-0.39, 0.29) is 0 Å². The summed E-state index contributed by atoms with van der Waals surface area (Å²) in [7, 11) is -1.46. The molecule has 0 spiro atoms. The monoisotopic (exact) mass is 164 g/mol. The summed E-state index contributed by atoms with van der Waals surface area (Å²) in [5.74, 6) is 0.538. The topological polar surface area (TPSA) is 49.7 Å². The zero-order valence-corrected chi connectivity index (χ0v) is 6.47. The molecule has 1 rings (SSSR count). The Kier molecular flexibility index (Phi) is 2.91. The van der Waals surface area contributed by atoms with Crippen LogP contribution in [0.5, 0.6) is 5.75 Å². The predicted molar refractivity (Wildman–Crippen MR) is 47.1 cm³/mol. The summed E-state index contributed by atoms with van der Waals surface area (Å²) >= 11 is 0. The summed E-state index contributed by atoms with van der Waals surface area (Å²) in [6, 6.07) is 6.51. The minimum Gasteiger partial charge on any atom is -0.466 e. The average molecular weight is 164 g/mol. The van der Waals surface area contributed by atoms with E-state index in [0.717, 1.165) is 0 Å². The molecular formula is C8H9BO3. The van der Waals surface area contributed by atoms with Crippen LogP contribution >= 0.6 is 0 Å². The van der Waals surface area contributed by atoms with Crippen molar-refractivity contribution in [3.05, 3.63) is 37.1 Å². The Morgan fingerprint density at radius 1 is 1.42 bits per heavy atom. The van der Waals surface area contributed by atoms with E-state index in [4.69, 9.17) is 14.8 Å². The van der Waals surface area contributed by atoms with Crippen LogP contribution in [-0.4, -0.2) is 17.2 Å². The van der Waals surface area contributed by atoms with Gasteiger partial charge in [0.2, 0.25) is 0 Å². The average Bonchev–Trinajstić information content (AvgIpc) is 2.05. The highest BCUT2D eigenvalue weighted by atomic mass is 16.5. The zero-order chi connectivity index (χ0) is 8.97. The van der Waals surface area contributed by atoms with E-state index in [1.807, 2.05) is 0 Å². The van der Waals surface area contributed by atoms with Gasteiger partial charge in [-0.15, -0.1) is 0 Å². The Balaban J connectivity index is 2.87. The SMILES string of the molecule is C=COc1cccc(B(O)O)c1. The summed E-state index contributed by atoms with van der Waals surface area (Å²) in [5, 5.41) is 17.6. The third-order valence-corrected chi connectivity index (χ3v) is 1.38. The molecule has 1 aromatic carbocycles. The molecule has 0 atom stereocenters. The van der Waals surface area contributed by atoms with Crippen LogP contribution in [0.15, 0.2) is 37.1 Å². The summed E-state index contributed by atoms with van der Waals surface area (Å²) < 4.78 is 4.94. The molecule has 0 heterocycles. The number of hydrogen-bond acceptors (Lipinski definition) is 3. The molecule has 0 saturated heterocycles. The molecule has 0 radical (unpaired) electrons. The summed E-state index contributed by atoms with van der Waals surface area (Å²) in [5.41, 5.74) is 0.398. The summed E-state index contributed by atoms with van der Waals surface area (Å²) in [4.78, 5) is 0. The van der Waals surface area contributed by atoms with Gasteiger partial charge < -0.3 is 14.8 Å². The van der Waals surface area contributed by atoms with Gasteiger partial charge in [0.05, 0.1) is 6.26 Å². The highest BCUT2D eigenvalue weighted by Crippen LogP contribution is 2.06. The van der Waals surface area contributed by atoms with Crippen LogP contribution in [0.1, 0.15) is 0 Å². The Hall–Kier alpha value is -1.26. The first-order valence-corrected chi connectivity index (χ1v) is 3.47. The lowest BCUT2D eigenvalue weighted by Gasteiger charge is -2.02. The third-order valence-electron chi connectivity index (χ3n) is 1.38. The van der Waals surface area contributed by atoms with Gasteiger partial charge >= 0.3 is 7.12 Å². The van der Waals surface area contributed by atoms with Gasteiger partial charge in [0.15, 0.2) is 0 Å². The van der Waals surface area contributed by atoms with E-state index in [1.54, 1.807) is 18.2 Å². The second-order valence-corrected chi connectivity index (χ2v) is 2.23. The second kappa shape index (κ2) is 3.94. The molecule has 62 valence electrons. The van der Waals surface area contributed by atoms with E-state index in [9.17, 15) is 0 Å². The van der Waals surface area contributed by atoms with Gasteiger partial charge in [-0.25, -0.2) is 0 Å². The predicted octanol–water partition coefficient (Wildman–Crippen LogP) is -0.111. The van der Waals surface area contributed by atoms with Gasteiger partial charge in [-0.05, 0) is 17.6 Å². The molecule has 4 heteroatoms. The third kappa shape index (κ3) is 2.12. The quantitative estimate of drug-likeness (QED) is 0.484. The van der Waals surface area contributed by atoms with Gasteiger partial charge in [-0.1, -0.05) is 18.7 Å². The Morgan fingerprint density at radius 3 is 2.75 bits per heavy atom. The lowest BCUT2D eigenvalue weighted by molar-refractivity contribution is 0.425. The van der Waals surface area contributed by atoms with Crippen LogP contribution in [0, 0.1) is 0 Å². The van der Waals surface area contributed by atoms with Gasteiger partial charge in [-0.3, -0.25) is 0 Å². The van der Waals surface area contributed by atoms with Crippen LogP contribution < -0.4 is 10.2 Å². The van der Waals surface area contributed by atoms with Crippen molar-refractivity contribution in [2.45, 2.75) is 0 Å². The molecule has 2 N–H and O–H groups in total. The van der Waals surface area contributed by atoms with Crippen LogP contribution in [-0.2, 0) is 0 Å². The minimum absolute atomic E-state index is 0.398. The molecule has 0 aliphatic carbocycles. The largest absolute Gasteiger partial charge is 0.488 e. The van der Waals surface area contributed by atoms with E-state index >= 15 is 0 Å². The van der Waals surface area contributed by atoms with Crippen molar-refractivity contribution in [2.75, 3.05) is 0 Å². The molecule has 3 nitrogen and oxygen atoms in total. The first kappa shape index (κ1) is 8.84. The smallest absolute Gasteiger partial charge is 0.466 e. The highest BCUT2D eigenvalue weighted by Gasteiger charge is 2.10. The fraction of sp³-hybridized carbons (Fsp3) is 0. The fourth-order valence-corrected chi connectivity index (χ4v) is 0.845. The highest BCUT2D eigenvalue weighted by molar-refractivity contribution is 6.58. The first-order chi connectivity index (χ1) is 5.74. The molecule has 0 aliphatic heterocycles. The van der Waals surface area contributed by atoms with Crippen LogP contribution in [0.25, 0.3) is 0 Å². The van der Waals surface area contributed by atoms with Gasteiger partial charge in [0.25, 0.3) is 0 Å². The molecule has 0 bridgehead atoms. The molecular weight excluding hydrogens is 155 g/mol. The molecule has 0 amide bonds. The maximum Gasteiger partial charge on any atom is 0.488 e. The molecule has 0 aromatic heterocycles. The minimum atomic E-state index is -1.46. The molecule has 0 aliphatic rings. The lowest BCUT2D eigenvalue weighted by Crippen LogP contribution is -2.29. The van der Waals surface area contributed by atoms with Crippen molar-refractivity contribution in [1.29, 1.82) is 0 Å². The number of ether oxygens (including phenoxy) is 1. The van der Waals surface area contributed by atoms with Crippen molar-refractivity contribution in [3.8, 4) is 5.75 Å². The lowest BCUT2D eigenvalue weighted by atomic mass is 9.80. The van der Waals surface area contributed by atoms with Gasteiger partial charge in [-0.2, -0.15) is 0 Å². The fourth-order valence-electron chi connectivity index (χ4n) is 0.845. The number of rotatable bonds is 3. The van der Waals surface area contributed by atoms with E-state index in [1.165, 1.54) is 12.3 Å². The number of hydrogen-bond donors (Lipinski definition) is 2. The van der Waals surface area contributed by atoms with Crippen molar-refractivity contribution in [3.63, 3.8) is 0 Å². The standard InChI is InChI=1S/C8H9BO3/c1-2-12-8-5-3-4-7(6-8)9(10)11/h2-6,10-11H,1H2. The van der Waals surface area contributed by atoms with Crippen molar-refractivity contribution >= 4 is 12.6 Å². The normalized spacial score (nSPS) is 9.17. The first-order valence-electron chi connectivity index (χ1n) is 3.47. The van der Waals surface area contributed by atoms with Crippen LogP contribution in [0.3, 0.4) is 0 Å². The zero-order valence-electron chi connectivity index (χ0n) is 6.47. The van der Waals surface area contributed by atoms with Gasteiger partial charge in [0.1, 0.15) is 5.75 Å². The maximum absolute atomic E-state index is 8.79. The maximum atomic E-state index is 8.79. The van der Waals surface area contributed by atoms with E-state index in [0.29, 0.717) is 11.2 Å². The number of benzene rings is 1. The van der Waals surface area contributed by atoms with Crippen LogP contribution in [0.2, 0.25) is 0 Å². The Bertz CT molecular complexity index is 273. The Labute approximate surface area is 71.1 Å². The summed E-state index contributed by atoms with van der Waals surface area (Å²) in [6.45, 7) is 3.38. The van der Waals surface area contributed by atoms with Gasteiger partial charge in [0, 0.05) is 0 Å². The van der Waals surface area contributed by atoms with Crippen molar-refractivity contribution in [1.82, 2.24) is 0 Å². The van der Waals surface area contributed by atoms with E-state index < -0.39 is 7.12 Å². The van der Waals surface area contributed by atoms with E-state index in [2.05, 4.69) is 6.58 Å².